The van der Waals surface area contributed by atoms with Crippen LogP contribution in [0.3, 0.4) is 0 Å². The van der Waals surface area contributed by atoms with Crippen LogP contribution >= 0.6 is 0 Å². The Bertz CT molecular complexity index is 491. The summed E-state index contributed by atoms with van der Waals surface area (Å²) in [5.41, 5.74) is 1.18. The molecule has 1 N–H and O–H groups in total. The van der Waals surface area contributed by atoms with E-state index < -0.39 is 12.2 Å². The van der Waals surface area contributed by atoms with Crippen LogP contribution in [0.15, 0.2) is 24.3 Å². The summed E-state index contributed by atoms with van der Waals surface area (Å²) in [4.78, 5) is 25.4. The van der Waals surface area contributed by atoms with Crippen molar-refractivity contribution < 1.29 is 19.4 Å². The van der Waals surface area contributed by atoms with E-state index in [2.05, 4.69) is 0 Å². The number of imide groups is 1. The van der Waals surface area contributed by atoms with Gasteiger partial charge in [0.2, 0.25) is 0 Å². The van der Waals surface area contributed by atoms with Crippen molar-refractivity contribution in [2.24, 2.45) is 0 Å². The zero-order chi connectivity index (χ0) is 12.7. The zero-order valence-corrected chi connectivity index (χ0v) is 9.70. The summed E-state index contributed by atoms with van der Waals surface area (Å²) < 4.78 is 5.34. The molecular weight excluding hydrogens is 234 g/mol. The lowest BCUT2D eigenvalue weighted by Crippen LogP contribution is -2.52. The number of anilines is 1. The Morgan fingerprint density at radius 2 is 1.89 bits per heavy atom. The van der Waals surface area contributed by atoms with E-state index in [1.54, 1.807) is 24.3 Å². The first-order chi connectivity index (χ1) is 8.70. The number of aliphatic hydroxyl groups is 1. The zero-order valence-electron chi connectivity index (χ0n) is 9.70. The molecule has 3 rings (SSSR count). The van der Waals surface area contributed by atoms with Crippen LogP contribution in [0.2, 0.25) is 0 Å². The number of aliphatic hydroxyl groups excluding tert-OH is 1. The summed E-state index contributed by atoms with van der Waals surface area (Å²) in [6.45, 7) is -0.118. The predicted molar refractivity (Wildman–Crippen MR) is 62.8 cm³/mol. The van der Waals surface area contributed by atoms with Crippen molar-refractivity contribution in [2.45, 2.75) is 31.7 Å². The summed E-state index contributed by atoms with van der Waals surface area (Å²) >= 11 is 0. The molecule has 2 saturated heterocycles. The third-order valence-corrected chi connectivity index (χ3v) is 3.36. The van der Waals surface area contributed by atoms with Gasteiger partial charge in [-0.2, -0.15) is 0 Å². The Morgan fingerprint density at radius 1 is 1.22 bits per heavy atom. The van der Waals surface area contributed by atoms with E-state index in [0.29, 0.717) is 24.1 Å². The molecular formula is C13H13NO4. The smallest absolute Gasteiger partial charge is 0.262 e. The SMILES string of the molecule is O=C1C2CCC(O2)C(=O)N1c1cccc(CO)c1. The standard InChI is InChI=1S/C13H13NO4/c15-7-8-2-1-3-9(6-8)14-12(16)10-4-5-11(18-10)13(14)17/h1-3,6,10-11,15H,4-5,7H2. The molecule has 1 aromatic carbocycles. The minimum atomic E-state index is -0.495. The number of hydrogen-bond donors (Lipinski definition) is 1. The number of rotatable bonds is 2. The largest absolute Gasteiger partial charge is 0.392 e. The van der Waals surface area contributed by atoms with Crippen molar-refractivity contribution in [3.05, 3.63) is 29.8 Å². The number of nitrogens with zero attached hydrogens (tertiary/aromatic N) is 1. The molecule has 2 atom stereocenters. The lowest BCUT2D eigenvalue weighted by molar-refractivity contribution is -0.146. The molecule has 5 heteroatoms. The molecule has 2 unspecified atom stereocenters. The summed E-state index contributed by atoms with van der Waals surface area (Å²) in [7, 11) is 0. The number of carbonyl (C=O) groups excluding carboxylic acids is 2. The van der Waals surface area contributed by atoms with Gasteiger partial charge >= 0.3 is 0 Å². The van der Waals surface area contributed by atoms with E-state index >= 15 is 0 Å². The molecule has 2 amide bonds. The van der Waals surface area contributed by atoms with Gasteiger partial charge in [-0.25, -0.2) is 4.90 Å². The Balaban J connectivity index is 1.99. The molecule has 1 aromatic rings. The molecule has 5 nitrogen and oxygen atoms in total. The molecule has 2 bridgehead atoms. The van der Waals surface area contributed by atoms with Crippen LogP contribution in [-0.4, -0.2) is 29.1 Å². The van der Waals surface area contributed by atoms with Gasteiger partial charge in [-0.3, -0.25) is 9.59 Å². The lowest BCUT2D eigenvalue weighted by atomic mass is 10.1. The second-order valence-electron chi connectivity index (χ2n) is 4.53. The Kier molecular flexibility index (Phi) is 2.65. The molecule has 0 aromatic heterocycles. The maximum absolute atomic E-state index is 12.1. The molecule has 0 aliphatic carbocycles. The summed E-state index contributed by atoms with van der Waals surface area (Å²) in [5.74, 6) is -0.604. The van der Waals surface area contributed by atoms with Crippen LogP contribution in [0.1, 0.15) is 18.4 Å². The molecule has 0 radical (unpaired) electrons. The van der Waals surface area contributed by atoms with Crippen molar-refractivity contribution in [3.8, 4) is 0 Å². The number of fused-ring (bicyclic) bond motifs is 2. The number of morpholine rings is 1. The van der Waals surface area contributed by atoms with Crippen LogP contribution < -0.4 is 4.90 Å². The van der Waals surface area contributed by atoms with E-state index in [1.165, 1.54) is 4.90 Å². The fourth-order valence-corrected chi connectivity index (χ4v) is 2.45. The minimum Gasteiger partial charge on any atom is -0.392 e. The molecule has 0 saturated carbocycles. The highest BCUT2D eigenvalue weighted by molar-refractivity contribution is 6.19. The van der Waals surface area contributed by atoms with Gasteiger partial charge in [-0.05, 0) is 30.5 Å². The van der Waals surface area contributed by atoms with E-state index in [1.807, 2.05) is 0 Å². The predicted octanol–water partition coefficient (Wildman–Crippen LogP) is 0.600. The quantitative estimate of drug-likeness (QED) is 0.777. The van der Waals surface area contributed by atoms with Gasteiger partial charge in [0.25, 0.3) is 11.8 Å². The van der Waals surface area contributed by atoms with Crippen molar-refractivity contribution >= 4 is 17.5 Å². The molecule has 2 fully saturated rings. The second-order valence-corrected chi connectivity index (χ2v) is 4.53. The molecule has 18 heavy (non-hydrogen) atoms. The van der Waals surface area contributed by atoms with Crippen molar-refractivity contribution in [1.82, 2.24) is 0 Å². The lowest BCUT2D eigenvalue weighted by Gasteiger charge is -2.30. The average Bonchev–Trinajstić information content (AvgIpc) is 2.84. The average molecular weight is 247 g/mol. The molecule has 2 aliphatic rings. The van der Waals surface area contributed by atoms with Crippen molar-refractivity contribution in [3.63, 3.8) is 0 Å². The van der Waals surface area contributed by atoms with Gasteiger partial charge in [0.1, 0.15) is 12.2 Å². The fourth-order valence-electron chi connectivity index (χ4n) is 2.45. The Morgan fingerprint density at radius 3 is 2.50 bits per heavy atom. The number of carbonyl (C=O) groups is 2. The third kappa shape index (κ3) is 1.63. The highest BCUT2D eigenvalue weighted by Crippen LogP contribution is 2.31. The van der Waals surface area contributed by atoms with Crippen molar-refractivity contribution in [2.75, 3.05) is 4.90 Å². The van der Waals surface area contributed by atoms with E-state index in [-0.39, 0.29) is 18.4 Å². The summed E-state index contributed by atoms with van der Waals surface area (Å²) in [6.07, 6.45) is 0.215. The van der Waals surface area contributed by atoms with Crippen LogP contribution in [-0.2, 0) is 20.9 Å². The van der Waals surface area contributed by atoms with E-state index in [9.17, 15) is 9.59 Å². The van der Waals surface area contributed by atoms with Gasteiger partial charge in [-0.1, -0.05) is 12.1 Å². The Hall–Kier alpha value is -1.72. The maximum Gasteiger partial charge on any atom is 0.262 e. The minimum absolute atomic E-state index is 0.118. The van der Waals surface area contributed by atoms with Gasteiger partial charge in [0, 0.05) is 0 Å². The number of hydrogen-bond acceptors (Lipinski definition) is 4. The molecule has 0 spiro atoms. The van der Waals surface area contributed by atoms with Crippen LogP contribution in [0.25, 0.3) is 0 Å². The van der Waals surface area contributed by atoms with E-state index in [4.69, 9.17) is 9.84 Å². The van der Waals surface area contributed by atoms with Crippen LogP contribution in [0.4, 0.5) is 5.69 Å². The fraction of sp³-hybridized carbons (Fsp3) is 0.385. The molecule has 94 valence electrons. The third-order valence-electron chi connectivity index (χ3n) is 3.36. The second kappa shape index (κ2) is 4.19. The monoisotopic (exact) mass is 247 g/mol. The highest BCUT2D eigenvalue weighted by atomic mass is 16.5. The summed E-state index contributed by atoms with van der Waals surface area (Å²) in [6, 6.07) is 6.81. The molecule has 2 aliphatic heterocycles. The van der Waals surface area contributed by atoms with E-state index in [0.717, 1.165) is 0 Å². The number of benzene rings is 1. The van der Waals surface area contributed by atoms with Gasteiger partial charge in [-0.15, -0.1) is 0 Å². The van der Waals surface area contributed by atoms with Gasteiger partial charge < -0.3 is 9.84 Å². The number of ether oxygens (including phenoxy) is 1. The van der Waals surface area contributed by atoms with Crippen molar-refractivity contribution in [1.29, 1.82) is 0 Å². The molecule has 2 heterocycles. The number of amides is 2. The van der Waals surface area contributed by atoms with Gasteiger partial charge in [0.05, 0.1) is 12.3 Å². The van der Waals surface area contributed by atoms with Crippen LogP contribution in [0.5, 0.6) is 0 Å². The topological polar surface area (TPSA) is 66.8 Å². The first kappa shape index (κ1) is 11.4. The summed E-state index contributed by atoms with van der Waals surface area (Å²) in [5, 5.41) is 9.10. The highest BCUT2D eigenvalue weighted by Gasteiger charge is 2.47. The van der Waals surface area contributed by atoms with Crippen LogP contribution in [0, 0.1) is 0 Å². The normalized spacial score (nSPS) is 26.8. The Labute approximate surface area is 104 Å². The maximum atomic E-state index is 12.1. The first-order valence-electron chi connectivity index (χ1n) is 5.94. The van der Waals surface area contributed by atoms with Gasteiger partial charge in [0.15, 0.2) is 0 Å². The first-order valence-corrected chi connectivity index (χ1v) is 5.94.